The monoisotopic (exact) mass is 401 g/mol. The van der Waals surface area contributed by atoms with Crippen molar-refractivity contribution in [2.24, 2.45) is 5.92 Å². The Morgan fingerprint density at radius 1 is 0.933 bits per heavy atom. The van der Waals surface area contributed by atoms with Crippen molar-refractivity contribution in [2.45, 2.75) is 25.8 Å². The average Bonchev–Trinajstić information content (AvgIpc) is 3.23. The van der Waals surface area contributed by atoms with Gasteiger partial charge in [0, 0.05) is 56.2 Å². The van der Waals surface area contributed by atoms with Crippen LogP contribution in [0.2, 0.25) is 0 Å². The molecule has 156 valence electrons. The lowest BCUT2D eigenvalue weighted by Gasteiger charge is -2.27. The van der Waals surface area contributed by atoms with Gasteiger partial charge in [0.05, 0.1) is 13.2 Å². The third-order valence-corrected chi connectivity index (χ3v) is 6.53. The van der Waals surface area contributed by atoms with Crippen LogP contribution < -0.4 is 4.90 Å². The highest BCUT2D eigenvalue weighted by Gasteiger charge is 2.22. The second-order valence-corrected chi connectivity index (χ2v) is 8.72. The van der Waals surface area contributed by atoms with Crippen LogP contribution in [0.4, 0.5) is 5.69 Å². The Balaban J connectivity index is 1.32. The van der Waals surface area contributed by atoms with Gasteiger partial charge in [-0.2, -0.15) is 0 Å². The number of benzene rings is 2. The van der Waals surface area contributed by atoms with Crippen molar-refractivity contribution >= 4 is 16.5 Å². The predicted octanol–water partition coefficient (Wildman–Crippen LogP) is 4.53. The van der Waals surface area contributed by atoms with Gasteiger partial charge in [-0.05, 0) is 53.8 Å². The zero-order valence-corrected chi connectivity index (χ0v) is 17.7. The van der Waals surface area contributed by atoms with Gasteiger partial charge < -0.3 is 9.64 Å². The van der Waals surface area contributed by atoms with E-state index in [1.54, 1.807) is 0 Å². The van der Waals surface area contributed by atoms with Crippen LogP contribution in [0.3, 0.4) is 0 Å². The minimum Gasteiger partial charge on any atom is -0.380 e. The Kier molecular flexibility index (Phi) is 5.96. The smallest absolute Gasteiger partial charge is 0.0593 e. The van der Waals surface area contributed by atoms with E-state index in [2.05, 4.69) is 63.3 Å². The first-order chi connectivity index (χ1) is 14.9. The van der Waals surface area contributed by atoms with Crippen molar-refractivity contribution < 1.29 is 4.74 Å². The van der Waals surface area contributed by atoms with E-state index in [-0.39, 0.29) is 0 Å². The molecule has 4 nitrogen and oxygen atoms in total. The highest BCUT2D eigenvalue weighted by atomic mass is 16.5. The number of nitrogens with zero attached hydrogens (tertiary/aromatic N) is 3. The van der Waals surface area contributed by atoms with Gasteiger partial charge in [-0.1, -0.05) is 36.4 Å². The molecule has 3 aromatic rings. The highest BCUT2D eigenvalue weighted by molar-refractivity contribution is 5.84. The average molecular weight is 402 g/mol. The molecule has 2 aromatic carbocycles. The second-order valence-electron chi connectivity index (χ2n) is 8.72. The van der Waals surface area contributed by atoms with Crippen LogP contribution in [-0.2, 0) is 17.7 Å². The van der Waals surface area contributed by atoms with E-state index in [1.165, 1.54) is 53.5 Å². The van der Waals surface area contributed by atoms with Crippen LogP contribution in [0.15, 0.2) is 60.9 Å². The molecule has 5 rings (SSSR count). The lowest BCUT2D eigenvalue weighted by molar-refractivity contribution is 0.122. The molecule has 0 aliphatic carbocycles. The molecule has 0 bridgehead atoms. The van der Waals surface area contributed by atoms with Crippen LogP contribution in [0.25, 0.3) is 10.8 Å². The maximum atomic E-state index is 6.02. The quantitative estimate of drug-likeness (QED) is 0.628. The highest BCUT2D eigenvalue weighted by Crippen LogP contribution is 2.27. The molecule has 30 heavy (non-hydrogen) atoms. The molecule has 3 heterocycles. The van der Waals surface area contributed by atoms with E-state index in [0.717, 1.165) is 39.3 Å². The first-order valence-electron chi connectivity index (χ1n) is 11.3. The van der Waals surface area contributed by atoms with E-state index >= 15 is 0 Å². The Bertz CT molecular complexity index is 977. The van der Waals surface area contributed by atoms with Gasteiger partial charge in [-0.25, -0.2) is 0 Å². The van der Waals surface area contributed by atoms with Gasteiger partial charge in [-0.15, -0.1) is 0 Å². The van der Waals surface area contributed by atoms with Crippen molar-refractivity contribution in [3.63, 3.8) is 0 Å². The van der Waals surface area contributed by atoms with Crippen molar-refractivity contribution in [1.29, 1.82) is 0 Å². The predicted molar refractivity (Wildman–Crippen MR) is 123 cm³/mol. The number of rotatable bonds is 5. The maximum absolute atomic E-state index is 6.02. The summed E-state index contributed by atoms with van der Waals surface area (Å²) < 4.78 is 6.02. The van der Waals surface area contributed by atoms with Crippen molar-refractivity contribution in [3.05, 3.63) is 72.1 Å². The summed E-state index contributed by atoms with van der Waals surface area (Å²) in [6, 6.07) is 17.7. The number of pyridine rings is 1. The SMILES string of the molecule is c1ccc(N2CCCC2)c(CN2CCOCC(Cc3cccc4cnccc34)C2)c1. The molecule has 0 amide bonds. The lowest BCUT2D eigenvalue weighted by Crippen LogP contribution is -2.31. The summed E-state index contributed by atoms with van der Waals surface area (Å²) in [5.41, 5.74) is 4.29. The number of aromatic nitrogens is 1. The third-order valence-electron chi connectivity index (χ3n) is 6.53. The van der Waals surface area contributed by atoms with Gasteiger partial charge in [0.25, 0.3) is 0 Å². The number of para-hydroxylation sites is 1. The molecular weight excluding hydrogens is 370 g/mol. The van der Waals surface area contributed by atoms with Crippen LogP contribution in [0.5, 0.6) is 0 Å². The number of fused-ring (bicyclic) bond motifs is 1. The fourth-order valence-corrected chi connectivity index (χ4v) is 5.05. The molecule has 2 aliphatic rings. The molecule has 2 saturated heterocycles. The topological polar surface area (TPSA) is 28.6 Å². The van der Waals surface area contributed by atoms with E-state index in [9.17, 15) is 0 Å². The summed E-state index contributed by atoms with van der Waals surface area (Å²) in [5.74, 6) is 0.505. The van der Waals surface area contributed by atoms with Gasteiger partial charge >= 0.3 is 0 Å². The van der Waals surface area contributed by atoms with E-state index in [1.807, 2.05) is 12.4 Å². The van der Waals surface area contributed by atoms with Crippen LogP contribution in [0.1, 0.15) is 24.0 Å². The summed E-state index contributed by atoms with van der Waals surface area (Å²) in [6.45, 7) is 7.14. The largest absolute Gasteiger partial charge is 0.380 e. The molecular formula is C26H31N3O. The summed E-state index contributed by atoms with van der Waals surface area (Å²) >= 11 is 0. The van der Waals surface area contributed by atoms with Crippen LogP contribution in [0, 0.1) is 5.92 Å². The first-order valence-corrected chi connectivity index (χ1v) is 11.3. The Morgan fingerprint density at radius 3 is 2.73 bits per heavy atom. The van der Waals surface area contributed by atoms with Gasteiger partial charge in [0.1, 0.15) is 0 Å². The van der Waals surface area contributed by atoms with Crippen molar-refractivity contribution in [3.8, 4) is 0 Å². The first kappa shape index (κ1) is 19.5. The van der Waals surface area contributed by atoms with Crippen LogP contribution in [-0.4, -0.2) is 49.3 Å². The van der Waals surface area contributed by atoms with Gasteiger partial charge in [-0.3, -0.25) is 9.88 Å². The molecule has 4 heteroatoms. The third kappa shape index (κ3) is 4.35. The molecule has 1 unspecified atom stereocenters. The van der Waals surface area contributed by atoms with Crippen molar-refractivity contribution in [2.75, 3.05) is 44.3 Å². The van der Waals surface area contributed by atoms with E-state index in [0.29, 0.717) is 5.92 Å². The van der Waals surface area contributed by atoms with Gasteiger partial charge in [0.15, 0.2) is 0 Å². The summed E-state index contributed by atoms with van der Waals surface area (Å²) in [6.07, 6.45) is 7.54. The lowest BCUT2D eigenvalue weighted by atomic mass is 9.95. The fraction of sp³-hybridized carbons (Fsp3) is 0.423. The summed E-state index contributed by atoms with van der Waals surface area (Å²) in [7, 11) is 0. The van der Waals surface area contributed by atoms with E-state index in [4.69, 9.17) is 4.74 Å². The molecule has 0 saturated carbocycles. The second kappa shape index (κ2) is 9.15. The number of hydrogen-bond donors (Lipinski definition) is 0. The minimum absolute atomic E-state index is 0.505. The molecule has 2 fully saturated rings. The molecule has 0 radical (unpaired) electrons. The van der Waals surface area contributed by atoms with Gasteiger partial charge in [0.2, 0.25) is 0 Å². The zero-order valence-electron chi connectivity index (χ0n) is 17.7. The normalized spacial score (nSPS) is 20.5. The molecule has 1 aromatic heterocycles. The number of anilines is 1. The standard InChI is InChI=1S/C26H31N3O/c1-2-9-26(29-12-3-4-13-29)24(6-1)19-28-14-15-30-20-21(18-28)16-22-7-5-8-23-17-27-11-10-25(22)23/h1-2,5-11,17,21H,3-4,12-16,18-20H2. The summed E-state index contributed by atoms with van der Waals surface area (Å²) in [5, 5.41) is 2.55. The molecule has 2 aliphatic heterocycles. The minimum atomic E-state index is 0.505. The number of hydrogen-bond acceptors (Lipinski definition) is 4. The van der Waals surface area contributed by atoms with Crippen molar-refractivity contribution in [1.82, 2.24) is 9.88 Å². The summed E-state index contributed by atoms with van der Waals surface area (Å²) in [4.78, 5) is 9.44. The Morgan fingerprint density at radius 2 is 1.80 bits per heavy atom. The Hall–Kier alpha value is -2.43. The zero-order chi connectivity index (χ0) is 20.2. The molecule has 0 spiro atoms. The fourth-order valence-electron chi connectivity index (χ4n) is 5.05. The Labute approximate surface area is 179 Å². The number of ether oxygens (including phenoxy) is 1. The van der Waals surface area contributed by atoms with E-state index < -0.39 is 0 Å². The van der Waals surface area contributed by atoms with Crippen LogP contribution >= 0.6 is 0 Å². The molecule has 1 atom stereocenters. The molecule has 0 N–H and O–H groups in total. The maximum Gasteiger partial charge on any atom is 0.0593 e.